The molecule has 2 aromatic carbocycles. The summed E-state index contributed by atoms with van der Waals surface area (Å²) in [7, 11) is -3.87. The molecular weight excluding hydrogens is 456 g/mol. The van der Waals surface area contributed by atoms with E-state index >= 15 is 0 Å². The average molecular weight is 479 g/mol. The van der Waals surface area contributed by atoms with Gasteiger partial charge in [0.05, 0.1) is 10.6 Å². The second-order valence-electron chi connectivity index (χ2n) is 7.71. The summed E-state index contributed by atoms with van der Waals surface area (Å²) in [6.45, 7) is 5.28. The number of aryl methyl sites for hydroxylation is 3. The summed E-state index contributed by atoms with van der Waals surface area (Å²) >= 11 is 0. The number of amides is 1. The maximum Gasteiger partial charge on any atom is 0.273 e. The Balaban J connectivity index is 1.46. The van der Waals surface area contributed by atoms with E-state index in [-0.39, 0.29) is 22.2 Å². The molecule has 0 fully saturated rings. The number of aromatic nitrogens is 4. The summed E-state index contributed by atoms with van der Waals surface area (Å²) in [6.07, 6.45) is 0. The van der Waals surface area contributed by atoms with Gasteiger partial charge >= 0.3 is 0 Å². The van der Waals surface area contributed by atoms with Gasteiger partial charge in [0.2, 0.25) is 0 Å². The van der Waals surface area contributed by atoms with Crippen LogP contribution >= 0.6 is 0 Å². The molecule has 4 aromatic rings. The van der Waals surface area contributed by atoms with Crippen molar-refractivity contribution in [2.75, 3.05) is 10.0 Å². The molecule has 174 valence electrons. The van der Waals surface area contributed by atoms with Crippen molar-refractivity contribution in [3.05, 3.63) is 77.4 Å². The number of phenolic OH excluding ortho intramolecular Hbond substituents is 1. The third-order valence-corrected chi connectivity index (χ3v) is 6.25. The number of hydrogen-bond donors (Lipinski definition) is 4. The van der Waals surface area contributed by atoms with E-state index in [1.165, 1.54) is 36.4 Å². The number of carbonyl (C=O) groups is 1. The summed E-state index contributed by atoms with van der Waals surface area (Å²) in [6, 6.07) is 13.9. The number of nitrogens with one attached hydrogen (secondary N) is 3. The summed E-state index contributed by atoms with van der Waals surface area (Å²) < 4.78 is 27.8. The molecular formula is C23H22N6O4S. The van der Waals surface area contributed by atoms with Crippen LogP contribution in [0.3, 0.4) is 0 Å². The van der Waals surface area contributed by atoms with Gasteiger partial charge in [0.15, 0.2) is 0 Å². The third-order valence-electron chi connectivity index (χ3n) is 4.88. The van der Waals surface area contributed by atoms with Crippen molar-refractivity contribution >= 4 is 27.4 Å². The number of aromatic amines is 1. The Hall–Kier alpha value is -4.25. The van der Waals surface area contributed by atoms with Crippen molar-refractivity contribution < 1.29 is 18.3 Å². The number of rotatable bonds is 6. The van der Waals surface area contributed by atoms with Crippen LogP contribution in [0.15, 0.2) is 59.5 Å². The zero-order valence-corrected chi connectivity index (χ0v) is 19.4. The van der Waals surface area contributed by atoms with E-state index in [9.17, 15) is 18.3 Å². The molecule has 2 aromatic heterocycles. The number of benzene rings is 2. The highest BCUT2D eigenvalue weighted by atomic mass is 32.2. The second kappa shape index (κ2) is 8.94. The van der Waals surface area contributed by atoms with Crippen molar-refractivity contribution in [2.45, 2.75) is 25.7 Å². The molecule has 34 heavy (non-hydrogen) atoms. The molecule has 0 aliphatic heterocycles. The van der Waals surface area contributed by atoms with E-state index in [2.05, 4.69) is 30.2 Å². The Morgan fingerprint density at radius 1 is 0.971 bits per heavy atom. The van der Waals surface area contributed by atoms with Crippen LogP contribution < -0.4 is 10.0 Å². The van der Waals surface area contributed by atoms with E-state index in [1.807, 2.05) is 13.0 Å². The number of H-pyrrole nitrogens is 1. The fraction of sp³-hybridized carbons (Fsp3) is 0.130. The minimum absolute atomic E-state index is 0.0121. The van der Waals surface area contributed by atoms with Crippen LogP contribution in [0.2, 0.25) is 0 Å². The van der Waals surface area contributed by atoms with Gasteiger partial charge in [-0.1, -0.05) is 6.07 Å². The molecule has 0 atom stereocenters. The standard InChI is InChI=1S/C23H22N6O4S/c1-13-4-9-18(21(30)10-13)19-12-20(28-27-19)23(31)26-16-5-7-17(8-6-16)34(32,33)29-22-11-14(2)24-15(3)25-22/h4-12,30H,1-3H3,(H,26,31)(H,27,28)(H,24,25,29). The molecule has 0 aliphatic rings. The monoisotopic (exact) mass is 478 g/mol. The van der Waals surface area contributed by atoms with Crippen molar-refractivity contribution in [3.63, 3.8) is 0 Å². The van der Waals surface area contributed by atoms with Gasteiger partial charge < -0.3 is 10.4 Å². The zero-order valence-electron chi connectivity index (χ0n) is 18.6. The van der Waals surface area contributed by atoms with E-state index in [1.54, 1.807) is 26.0 Å². The van der Waals surface area contributed by atoms with Crippen LogP contribution in [0.25, 0.3) is 11.3 Å². The quantitative estimate of drug-likeness (QED) is 0.331. The molecule has 4 N–H and O–H groups in total. The first-order valence-electron chi connectivity index (χ1n) is 10.2. The summed E-state index contributed by atoms with van der Waals surface area (Å²) in [5.74, 6) is 0.231. The van der Waals surface area contributed by atoms with Gasteiger partial charge in [0.1, 0.15) is 23.1 Å². The molecule has 10 nitrogen and oxygen atoms in total. The average Bonchev–Trinajstić information content (AvgIpc) is 3.23. The van der Waals surface area contributed by atoms with Crippen molar-refractivity contribution in [3.8, 4) is 17.0 Å². The first-order chi connectivity index (χ1) is 16.1. The third kappa shape index (κ3) is 5.04. The van der Waals surface area contributed by atoms with Crippen LogP contribution in [-0.2, 0) is 10.0 Å². The Morgan fingerprint density at radius 3 is 2.38 bits per heavy atom. The maximum absolute atomic E-state index is 12.7. The molecule has 4 rings (SSSR count). The second-order valence-corrected chi connectivity index (χ2v) is 9.40. The highest BCUT2D eigenvalue weighted by Gasteiger charge is 2.17. The normalized spacial score (nSPS) is 11.3. The molecule has 11 heteroatoms. The topological polar surface area (TPSA) is 150 Å². The Bertz CT molecular complexity index is 1460. The van der Waals surface area contributed by atoms with E-state index in [4.69, 9.17) is 0 Å². The van der Waals surface area contributed by atoms with Crippen LogP contribution in [0.5, 0.6) is 5.75 Å². The smallest absolute Gasteiger partial charge is 0.273 e. The number of nitrogens with zero attached hydrogens (tertiary/aromatic N) is 3. The van der Waals surface area contributed by atoms with Gasteiger partial charge in [-0.25, -0.2) is 18.4 Å². The van der Waals surface area contributed by atoms with Gasteiger partial charge in [0, 0.05) is 23.0 Å². The Labute approximate surface area is 196 Å². The van der Waals surface area contributed by atoms with Crippen molar-refractivity contribution in [1.29, 1.82) is 0 Å². The van der Waals surface area contributed by atoms with E-state index < -0.39 is 15.9 Å². The lowest BCUT2D eigenvalue weighted by Gasteiger charge is -2.09. The van der Waals surface area contributed by atoms with Gasteiger partial charge in [-0.3, -0.25) is 14.6 Å². The largest absolute Gasteiger partial charge is 0.507 e. The fourth-order valence-corrected chi connectivity index (χ4v) is 4.31. The van der Waals surface area contributed by atoms with Gasteiger partial charge in [-0.15, -0.1) is 0 Å². The van der Waals surface area contributed by atoms with Crippen LogP contribution in [0, 0.1) is 20.8 Å². The number of aromatic hydroxyl groups is 1. The predicted molar refractivity (Wildman–Crippen MR) is 127 cm³/mol. The number of hydrogen-bond acceptors (Lipinski definition) is 7. The summed E-state index contributed by atoms with van der Waals surface area (Å²) in [4.78, 5) is 20.8. The van der Waals surface area contributed by atoms with E-state index in [0.717, 1.165) is 5.56 Å². The first-order valence-corrected chi connectivity index (χ1v) is 11.7. The van der Waals surface area contributed by atoms with Crippen LogP contribution in [-0.4, -0.2) is 39.6 Å². The molecule has 2 heterocycles. The Morgan fingerprint density at radius 2 is 1.71 bits per heavy atom. The fourth-order valence-electron chi connectivity index (χ4n) is 3.32. The lowest BCUT2D eigenvalue weighted by atomic mass is 10.1. The predicted octanol–water partition coefficient (Wildman–Crippen LogP) is 3.55. The zero-order chi connectivity index (χ0) is 24.5. The number of anilines is 2. The minimum atomic E-state index is -3.87. The maximum atomic E-state index is 12.7. The van der Waals surface area contributed by atoms with Gasteiger partial charge in [-0.2, -0.15) is 5.10 Å². The van der Waals surface area contributed by atoms with Gasteiger partial charge in [-0.05, 0) is 68.8 Å². The van der Waals surface area contributed by atoms with E-state index in [0.29, 0.717) is 28.5 Å². The van der Waals surface area contributed by atoms with Crippen LogP contribution in [0.4, 0.5) is 11.5 Å². The molecule has 0 saturated carbocycles. The molecule has 0 radical (unpaired) electrons. The summed E-state index contributed by atoms with van der Waals surface area (Å²) in [5, 5.41) is 19.5. The molecule has 0 spiro atoms. The SMILES string of the molecule is Cc1ccc(-c2cc(C(=O)Nc3ccc(S(=O)(=O)Nc4cc(C)nc(C)n4)cc3)[nH]n2)c(O)c1. The minimum Gasteiger partial charge on any atom is -0.507 e. The highest BCUT2D eigenvalue weighted by molar-refractivity contribution is 7.92. The highest BCUT2D eigenvalue weighted by Crippen LogP contribution is 2.29. The van der Waals surface area contributed by atoms with Crippen molar-refractivity contribution in [1.82, 2.24) is 20.2 Å². The molecule has 0 unspecified atom stereocenters. The molecule has 0 bridgehead atoms. The number of carbonyl (C=O) groups excluding carboxylic acids is 1. The van der Waals surface area contributed by atoms with Gasteiger partial charge in [0.25, 0.3) is 15.9 Å². The lowest BCUT2D eigenvalue weighted by molar-refractivity contribution is 0.102. The molecule has 0 aliphatic carbocycles. The number of phenols is 1. The first kappa shape index (κ1) is 22.9. The molecule has 0 saturated heterocycles. The van der Waals surface area contributed by atoms with Crippen molar-refractivity contribution in [2.24, 2.45) is 0 Å². The number of sulfonamides is 1. The lowest BCUT2D eigenvalue weighted by Crippen LogP contribution is -2.15. The molecule has 1 amide bonds. The summed E-state index contributed by atoms with van der Waals surface area (Å²) in [5.41, 5.74) is 3.04. The Kier molecular flexibility index (Phi) is 6.03. The van der Waals surface area contributed by atoms with Crippen LogP contribution in [0.1, 0.15) is 27.6 Å².